The van der Waals surface area contributed by atoms with Crippen LogP contribution < -0.4 is 4.74 Å². The minimum atomic E-state index is -0.678. The van der Waals surface area contributed by atoms with Crippen LogP contribution in [0.5, 0.6) is 5.75 Å². The molecule has 19 heavy (non-hydrogen) atoms. The zero-order valence-corrected chi connectivity index (χ0v) is 10.8. The molecule has 1 fully saturated rings. The molecule has 0 N–H and O–H groups in total. The molecular formula is C14H16FNO3. The van der Waals surface area contributed by atoms with Gasteiger partial charge < -0.3 is 9.64 Å². The number of aldehydes is 1. The lowest BCUT2D eigenvalue weighted by molar-refractivity contribution is -0.136. The highest BCUT2D eigenvalue weighted by molar-refractivity contribution is 5.82. The Labute approximate surface area is 111 Å². The van der Waals surface area contributed by atoms with Crippen LogP contribution in [0.3, 0.4) is 0 Å². The fourth-order valence-electron chi connectivity index (χ4n) is 2.15. The standard InChI is InChI=1S/C14H16FNO3/c1-10(14(18)16-6-2-3-7-16)19-13-5-4-12(15)8-11(13)9-17/h4-5,8-10H,2-3,6-7H2,1H3. The summed E-state index contributed by atoms with van der Waals surface area (Å²) >= 11 is 0. The fourth-order valence-corrected chi connectivity index (χ4v) is 2.15. The van der Waals surface area contributed by atoms with E-state index < -0.39 is 11.9 Å². The maximum Gasteiger partial charge on any atom is 0.263 e. The molecule has 0 aromatic heterocycles. The zero-order chi connectivity index (χ0) is 13.8. The molecule has 0 saturated carbocycles. The van der Waals surface area contributed by atoms with Crippen molar-refractivity contribution in [1.29, 1.82) is 0 Å². The Morgan fingerprint density at radius 1 is 1.42 bits per heavy atom. The number of carbonyl (C=O) groups is 2. The number of rotatable bonds is 4. The first kappa shape index (κ1) is 13.5. The van der Waals surface area contributed by atoms with Crippen LogP contribution in [0.15, 0.2) is 18.2 Å². The van der Waals surface area contributed by atoms with Crippen molar-refractivity contribution in [3.8, 4) is 5.75 Å². The number of ether oxygens (including phenoxy) is 1. The van der Waals surface area contributed by atoms with E-state index in [2.05, 4.69) is 0 Å². The summed E-state index contributed by atoms with van der Waals surface area (Å²) in [5, 5.41) is 0. The summed E-state index contributed by atoms with van der Waals surface area (Å²) in [6.45, 7) is 3.13. The maximum atomic E-state index is 13.0. The van der Waals surface area contributed by atoms with Crippen molar-refractivity contribution in [3.05, 3.63) is 29.6 Å². The molecule has 1 unspecified atom stereocenters. The summed E-state index contributed by atoms with van der Waals surface area (Å²) in [7, 11) is 0. The molecule has 0 bridgehead atoms. The van der Waals surface area contributed by atoms with Crippen LogP contribution in [0.2, 0.25) is 0 Å². The normalized spacial score (nSPS) is 16.2. The molecule has 1 aromatic rings. The third kappa shape index (κ3) is 3.10. The molecule has 0 aliphatic carbocycles. The third-order valence-corrected chi connectivity index (χ3v) is 3.17. The SMILES string of the molecule is CC(Oc1ccc(F)cc1C=O)C(=O)N1CCCC1. The van der Waals surface area contributed by atoms with E-state index >= 15 is 0 Å². The molecule has 4 nitrogen and oxygen atoms in total. The highest BCUT2D eigenvalue weighted by Gasteiger charge is 2.25. The van der Waals surface area contributed by atoms with Crippen LogP contribution in [-0.2, 0) is 4.79 Å². The minimum absolute atomic E-state index is 0.0985. The Morgan fingerprint density at radius 2 is 2.11 bits per heavy atom. The summed E-state index contributed by atoms with van der Waals surface area (Å²) in [5.74, 6) is -0.372. The van der Waals surface area contributed by atoms with E-state index in [1.54, 1.807) is 11.8 Å². The van der Waals surface area contributed by atoms with Crippen LogP contribution in [-0.4, -0.2) is 36.3 Å². The summed E-state index contributed by atoms with van der Waals surface area (Å²) in [6, 6.07) is 3.66. The van der Waals surface area contributed by atoms with Crippen molar-refractivity contribution in [3.63, 3.8) is 0 Å². The monoisotopic (exact) mass is 265 g/mol. The molecule has 1 saturated heterocycles. The van der Waals surface area contributed by atoms with Gasteiger partial charge in [-0.15, -0.1) is 0 Å². The van der Waals surface area contributed by atoms with Crippen LogP contribution in [0, 0.1) is 5.82 Å². The molecule has 0 radical (unpaired) electrons. The van der Waals surface area contributed by atoms with Gasteiger partial charge in [0.25, 0.3) is 5.91 Å². The second-order valence-electron chi connectivity index (χ2n) is 4.59. The average molecular weight is 265 g/mol. The molecule has 102 valence electrons. The first-order valence-corrected chi connectivity index (χ1v) is 6.32. The van der Waals surface area contributed by atoms with E-state index in [-0.39, 0.29) is 17.2 Å². The zero-order valence-electron chi connectivity index (χ0n) is 10.8. The van der Waals surface area contributed by atoms with Gasteiger partial charge in [-0.3, -0.25) is 9.59 Å². The van der Waals surface area contributed by atoms with E-state index in [4.69, 9.17) is 4.74 Å². The number of hydrogen-bond acceptors (Lipinski definition) is 3. The lowest BCUT2D eigenvalue weighted by Gasteiger charge is -2.21. The number of halogens is 1. The van der Waals surface area contributed by atoms with Gasteiger partial charge in [-0.05, 0) is 38.0 Å². The minimum Gasteiger partial charge on any atom is -0.480 e. The first-order valence-electron chi connectivity index (χ1n) is 6.32. The van der Waals surface area contributed by atoms with Crippen LogP contribution in [0.4, 0.5) is 4.39 Å². The maximum absolute atomic E-state index is 13.0. The quantitative estimate of drug-likeness (QED) is 0.782. The highest BCUT2D eigenvalue weighted by atomic mass is 19.1. The van der Waals surface area contributed by atoms with Crippen LogP contribution >= 0.6 is 0 Å². The number of nitrogens with zero attached hydrogens (tertiary/aromatic N) is 1. The van der Waals surface area contributed by atoms with E-state index in [0.717, 1.165) is 32.0 Å². The Kier molecular flexibility index (Phi) is 4.14. The fraction of sp³-hybridized carbons (Fsp3) is 0.429. The largest absolute Gasteiger partial charge is 0.480 e. The Balaban J connectivity index is 2.07. The molecule has 2 rings (SSSR count). The molecule has 1 aliphatic rings. The molecule has 1 aromatic carbocycles. The number of carbonyl (C=O) groups excluding carboxylic acids is 2. The van der Waals surface area contributed by atoms with E-state index in [1.807, 2.05) is 0 Å². The number of hydrogen-bond donors (Lipinski definition) is 0. The Hall–Kier alpha value is -1.91. The van der Waals surface area contributed by atoms with Gasteiger partial charge in [0.2, 0.25) is 0 Å². The second kappa shape index (κ2) is 5.82. The van der Waals surface area contributed by atoms with Crippen molar-refractivity contribution in [2.24, 2.45) is 0 Å². The van der Waals surface area contributed by atoms with Gasteiger partial charge in [-0.1, -0.05) is 0 Å². The number of benzene rings is 1. The van der Waals surface area contributed by atoms with E-state index in [0.29, 0.717) is 6.29 Å². The third-order valence-electron chi connectivity index (χ3n) is 3.17. The molecule has 5 heteroatoms. The lowest BCUT2D eigenvalue weighted by atomic mass is 10.2. The summed E-state index contributed by atoms with van der Waals surface area (Å²) in [4.78, 5) is 24.6. The van der Waals surface area contributed by atoms with Crippen LogP contribution in [0.1, 0.15) is 30.1 Å². The van der Waals surface area contributed by atoms with Gasteiger partial charge in [0.05, 0.1) is 5.56 Å². The van der Waals surface area contributed by atoms with Gasteiger partial charge in [-0.2, -0.15) is 0 Å². The van der Waals surface area contributed by atoms with Gasteiger partial charge in [0.1, 0.15) is 11.6 Å². The van der Waals surface area contributed by atoms with Crippen molar-refractivity contribution in [2.45, 2.75) is 25.9 Å². The van der Waals surface area contributed by atoms with Crippen LogP contribution in [0.25, 0.3) is 0 Å². The van der Waals surface area contributed by atoms with Crippen molar-refractivity contribution in [1.82, 2.24) is 4.90 Å². The summed E-state index contributed by atoms with van der Waals surface area (Å²) < 4.78 is 18.5. The smallest absolute Gasteiger partial charge is 0.263 e. The highest BCUT2D eigenvalue weighted by Crippen LogP contribution is 2.20. The van der Waals surface area contributed by atoms with Crippen molar-refractivity contribution in [2.75, 3.05) is 13.1 Å². The second-order valence-corrected chi connectivity index (χ2v) is 4.59. The van der Waals surface area contributed by atoms with Gasteiger partial charge >= 0.3 is 0 Å². The van der Waals surface area contributed by atoms with E-state index in [9.17, 15) is 14.0 Å². The molecule has 1 heterocycles. The molecule has 1 atom stereocenters. The molecular weight excluding hydrogens is 249 g/mol. The van der Waals surface area contributed by atoms with Crippen molar-refractivity contribution >= 4 is 12.2 Å². The predicted molar refractivity (Wildman–Crippen MR) is 67.7 cm³/mol. The number of likely N-dealkylation sites (tertiary alicyclic amines) is 1. The number of amides is 1. The first-order chi connectivity index (χ1) is 9.11. The lowest BCUT2D eigenvalue weighted by Crippen LogP contribution is -2.38. The molecule has 0 spiro atoms. The Morgan fingerprint density at radius 3 is 2.74 bits per heavy atom. The van der Waals surface area contributed by atoms with Gasteiger partial charge in [-0.25, -0.2) is 4.39 Å². The predicted octanol–water partition coefficient (Wildman–Crippen LogP) is 2.03. The molecule has 1 amide bonds. The summed E-state index contributed by atoms with van der Waals surface area (Å²) in [6.07, 6.45) is 1.86. The van der Waals surface area contributed by atoms with Gasteiger partial charge in [0.15, 0.2) is 12.4 Å². The van der Waals surface area contributed by atoms with E-state index in [1.165, 1.54) is 12.1 Å². The molecule has 1 aliphatic heterocycles. The summed E-state index contributed by atoms with van der Waals surface area (Å²) in [5.41, 5.74) is 0.112. The van der Waals surface area contributed by atoms with Gasteiger partial charge in [0, 0.05) is 13.1 Å². The van der Waals surface area contributed by atoms with Crippen molar-refractivity contribution < 1.29 is 18.7 Å². The topological polar surface area (TPSA) is 46.6 Å². The average Bonchev–Trinajstić information content (AvgIpc) is 2.93. The Bertz CT molecular complexity index is 484.